The first-order chi connectivity index (χ1) is 9.66. The van der Waals surface area contributed by atoms with Gasteiger partial charge in [-0.25, -0.2) is 0 Å². The van der Waals surface area contributed by atoms with E-state index in [4.69, 9.17) is 27.9 Å². The molecule has 1 aliphatic rings. The molecule has 0 bridgehead atoms. The number of rotatable bonds is 5. The van der Waals surface area contributed by atoms with Crippen LogP contribution in [0.1, 0.15) is 36.0 Å². The SMILES string of the molecule is O=C(NCCCC1CCOCC1)c1ccc(Cl)c(Cl)c1. The number of nitrogens with one attached hydrogen (secondary N) is 1. The third-order valence-corrected chi connectivity index (χ3v) is 4.34. The molecule has 2 rings (SSSR count). The van der Waals surface area contributed by atoms with Gasteiger partial charge in [-0.15, -0.1) is 0 Å². The summed E-state index contributed by atoms with van der Waals surface area (Å²) in [5, 5.41) is 3.78. The predicted octanol–water partition coefficient (Wildman–Crippen LogP) is 3.93. The third-order valence-electron chi connectivity index (χ3n) is 3.60. The van der Waals surface area contributed by atoms with E-state index >= 15 is 0 Å². The Labute approximate surface area is 129 Å². The van der Waals surface area contributed by atoms with Crippen molar-refractivity contribution in [3.05, 3.63) is 33.8 Å². The Hall–Kier alpha value is -0.770. The number of ether oxygens (including phenoxy) is 1. The largest absolute Gasteiger partial charge is 0.381 e. The van der Waals surface area contributed by atoms with Crippen molar-refractivity contribution in [2.75, 3.05) is 19.8 Å². The van der Waals surface area contributed by atoms with E-state index in [1.54, 1.807) is 18.2 Å². The number of amides is 1. The van der Waals surface area contributed by atoms with Crippen molar-refractivity contribution < 1.29 is 9.53 Å². The van der Waals surface area contributed by atoms with Gasteiger partial charge in [0.15, 0.2) is 0 Å². The van der Waals surface area contributed by atoms with Crippen molar-refractivity contribution >= 4 is 29.1 Å². The fourth-order valence-electron chi connectivity index (χ4n) is 2.37. The van der Waals surface area contributed by atoms with Gasteiger partial charge in [0.1, 0.15) is 0 Å². The van der Waals surface area contributed by atoms with Crippen LogP contribution in [0.4, 0.5) is 0 Å². The molecule has 0 atom stereocenters. The lowest BCUT2D eigenvalue weighted by Crippen LogP contribution is -2.25. The molecule has 0 aliphatic carbocycles. The quantitative estimate of drug-likeness (QED) is 0.836. The van der Waals surface area contributed by atoms with Crippen LogP contribution < -0.4 is 5.32 Å². The van der Waals surface area contributed by atoms with Gasteiger partial charge in [-0.05, 0) is 49.8 Å². The highest BCUT2D eigenvalue weighted by Gasteiger charge is 2.13. The fourth-order valence-corrected chi connectivity index (χ4v) is 2.67. The van der Waals surface area contributed by atoms with E-state index in [1.165, 1.54) is 0 Å². The van der Waals surface area contributed by atoms with Gasteiger partial charge in [0.2, 0.25) is 0 Å². The molecule has 1 saturated heterocycles. The lowest BCUT2D eigenvalue weighted by molar-refractivity contribution is 0.0631. The molecular formula is C15H19Cl2NO2. The molecule has 20 heavy (non-hydrogen) atoms. The van der Waals surface area contributed by atoms with Gasteiger partial charge in [-0.1, -0.05) is 23.2 Å². The average molecular weight is 316 g/mol. The van der Waals surface area contributed by atoms with Gasteiger partial charge in [-0.2, -0.15) is 0 Å². The van der Waals surface area contributed by atoms with Crippen molar-refractivity contribution in [2.24, 2.45) is 5.92 Å². The molecule has 1 aromatic carbocycles. The molecule has 1 aromatic rings. The molecule has 1 heterocycles. The van der Waals surface area contributed by atoms with Gasteiger partial charge in [0.25, 0.3) is 5.91 Å². The van der Waals surface area contributed by atoms with E-state index in [0.717, 1.165) is 44.8 Å². The molecule has 0 spiro atoms. The molecular weight excluding hydrogens is 297 g/mol. The van der Waals surface area contributed by atoms with Gasteiger partial charge < -0.3 is 10.1 Å². The van der Waals surface area contributed by atoms with E-state index in [-0.39, 0.29) is 5.91 Å². The van der Waals surface area contributed by atoms with Crippen LogP contribution in [0.25, 0.3) is 0 Å². The second kappa shape index (κ2) is 7.87. The Balaban J connectivity index is 1.70. The zero-order valence-electron chi connectivity index (χ0n) is 11.3. The Morgan fingerprint density at radius 3 is 2.70 bits per heavy atom. The molecule has 1 amide bonds. The molecule has 0 aromatic heterocycles. The number of carbonyl (C=O) groups is 1. The van der Waals surface area contributed by atoms with Gasteiger partial charge >= 0.3 is 0 Å². The molecule has 0 radical (unpaired) electrons. The van der Waals surface area contributed by atoms with Crippen molar-refractivity contribution in [3.8, 4) is 0 Å². The van der Waals surface area contributed by atoms with E-state index in [2.05, 4.69) is 5.32 Å². The summed E-state index contributed by atoms with van der Waals surface area (Å²) in [4.78, 5) is 11.9. The topological polar surface area (TPSA) is 38.3 Å². The van der Waals surface area contributed by atoms with Gasteiger partial charge in [0, 0.05) is 25.3 Å². The normalized spacial score (nSPS) is 16.1. The van der Waals surface area contributed by atoms with E-state index in [1.807, 2.05) is 0 Å². The summed E-state index contributed by atoms with van der Waals surface area (Å²) in [5.41, 5.74) is 0.547. The van der Waals surface area contributed by atoms with Crippen LogP contribution in [0.3, 0.4) is 0 Å². The number of halogens is 2. The van der Waals surface area contributed by atoms with E-state index in [9.17, 15) is 4.79 Å². The number of carbonyl (C=O) groups excluding carboxylic acids is 1. The van der Waals surface area contributed by atoms with Crippen LogP contribution >= 0.6 is 23.2 Å². The van der Waals surface area contributed by atoms with E-state index < -0.39 is 0 Å². The highest BCUT2D eigenvalue weighted by atomic mass is 35.5. The molecule has 1 aliphatic heterocycles. The minimum Gasteiger partial charge on any atom is -0.381 e. The summed E-state index contributed by atoms with van der Waals surface area (Å²) in [6, 6.07) is 4.92. The molecule has 3 nitrogen and oxygen atoms in total. The van der Waals surface area contributed by atoms with E-state index in [0.29, 0.717) is 22.2 Å². The first-order valence-electron chi connectivity index (χ1n) is 6.98. The number of hydrogen-bond acceptors (Lipinski definition) is 2. The minimum atomic E-state index is -0.101. The fraction of sp³-hybridized carbons (Fsp3) is 0.533. The molecule has 5 heteroatoms. The lowest BCUT2D eigenvalue weighted by Gasteiger charge is -2.21. The smallest absolute Gasteiger partial charge is 0.251 e. The van der Waals surface area contributed by atoms with Crippen LogP contribution in [-0.4, -0.2) is 25.7 Å². The second-order valence-corrected chi connectivity index (χ2v) is 5.90. The molecule has 0 saturated carbocycles. The van der Waals surface area contributed by atoms with Crippen LogP contribution in [0.2, 0.25) is 10.0 Å². The lowest BCUT2D eigenvalue weighted by atomic mass is 9.95. The van der Waals surface area contributed by atoms with Crippen molar-refractivity contribution in [2.45, 2.75) is 25.7 Å². The Morgan fingerprint density at radius 2 is 2.00 bits per heavy atom. The van der Waals surface area contributed by atoms with Crippen LogP contribution in [0.15, 0.2) is 18.2 Å². The van der Waals surface area contributed by atoms with Crippen molar-refractivity contribution in [3.63, 3.8) is 0 Å². The average Bonchev–Trinajstić information content (AvgIpc) is 2.47. The molecule has 1 fully saturated rings. The Morgan fingerprint density at radius 1 is 1.25 bits per heavy atom. The Kier molecular flexibility index (Phi) is 6.14. The maximum absolute atomic E-state index is 11.9. The maximum Gasteiger partial charge on any atom is 0.251 e. The molecule has 1 N–H and O–H groups in total. The standard InChI is InChI=1S/C15H19Cl2NO2/c16-13-4-3-12(10-14(13)17)15(19)18-7-1-2-11-5-8-20-9-6-11/h3-4,10-11H,1-2,5-9H2,(H,18,19). The highest BCUT2D eigenvalue weighted by molar-refractivity contribution is 6.42. The number of benzene rings is 1. The summed E-state index contributed by atoms with van der Waals surface area (Å²) in [6.07, 6.45) is 4.42. The van der Waals surface area contributed by atoms with Crippen LogP contribution in [0, 0.1) is 5.92 Å². The highest BCUT2D eigenvalue weighted by Crippen LogP contribution is 2.22. The van der Waals surface area contributed by atoms with Gasteiger partial charge in [-0.3, -0.25) is 4.79 Å². The summed E-state index contributed by atoms with van der Waals surface area (Å²) < 4.78 is 5.33. The zero-order chi connectivity index (χ0) is 14.4. The second-order valence-electron chi connectivity index (χ2n) is 5.08. The third kappa shape index (κ3) is 4.65. The van der Waals surface area contributed by atoms with Crippen LogP contribution in [-0.2, 0) is 4.74 Å². The minimum absolute atomic E-state index is 0.101. The molecule has 110 valence electrons. The zero-order valence-corrected chi connectivity index (χ0v) is 12.8. The number of hydrogen-bond donors (Lipinski definition) is 1. The van der Waals surface area contributed by atoms with Crippen molar-refractivity contribution in [1.29, 1.82) is 0 Å². The Bertz CT molecular complexity index is 459. The first kappa shape index (κ1) is 15.6. The predicted molar refractivity (Wildman–Crippen MR) is 81.6 cm³/mol. The maximum atomic E-state index is 11.9. The van der Waals surface area contributed by atoms with Crippen molar-refractivity contribution in [1.82, 2.24) is 5.32 Å². The summed E-state index contributed by atoms with van der Waals surface area (Å²) in [5.74, 6) is 0.640. The summed E-state index contributed by atoms with van der Waals surface area (Å²) in [7, 11) is 0. The summed E-state index contributed by atoms with van der Waals surface area (Å²) >= 11 is 11.7. The van der Waals surface area contributed by atoms with Gasteiger partial charge in [0.05, 0.1) is 10.0 Å². The molecule has 0 unspecified atom stereocenters. The summed E-state index contributed by atoms with van der Waals surface area (Å²) in [6.45, 7) is 2.44. The van der Waals surface area contributed by atoms with Crippen LogP contribution in [0.5, 0.6) is 0 Å². The first-order valence-corrected chi connectivity index (χ1v) is 7.73. The monoisotopic (exact) mass is 315 g/mol.